The van der Waals surface area contributed by atoms with Crippen LogP contribution in [0.2, 0.25) is 0 Å². The number of benzene rings is 2. The molecule has 1 N–H and O–H groups in total. The molecule has 0 saturated carbocycles. The number of hydrogen-bond donors (Lipinski definition) is 1. The highest BCUT2D eigenvalue weighted by atomic mass is 32.1. The maximum Gasteiger partial charge on any atom is 0.224 e. The minimum Gasteiger partial charge on any atom is -0.494 e. The fourth-order valence-electron chi connectivity index (χ4n) is 5.04. The monoisotopic (exact) mass is 507 g/mol. The van der Waals surface area contributed by atoms with E-state index in [-0.39, 0.29) is 5.91 Å². The van der Waals surface area contributed by atoms with Gasteiger partial charge in [0, 0.05) is 73.3 Å². The fraction of sp³-hybridized carbons (Fsp3) is 0.483. The SMILES string of the molecule is O=C1CCc2ccc(OCCCCOCCCCN3CCN(c4cccc5sccc45)CC3)cc2N1. The van der Waals surface area contributed by atoms with Gasteiger partial charge < -0.3 is 19.7 Å². The molecule has 0 bridgehead atoms. The molecule has 0 unspecified atom stereocenters. The molecule has 2 aliphatic heterocycles. The van der Waals surface area contributed by atoms with Crippen molar-refractivity contribution in [1.82, 2.24) is 4.90 Å². The topological polar surface area (TPSA) is 54.0 Å². The normalized spacial score (nSPS) is 16.2. The van der Waals surface area contributed by atoms with E-state index in [0.29, 0.717) is 13.0 Å². The third kappa shape index (κ3) is 6.58. The van der Waals surface area contributed by atoms with Gasteiger partial charge in [-0.2, -0.15) is 0 Å². The van der Waals surface area contributed by atoms with E-state index in [9.17, 15) is 4.79 Å². The predicted octanol–water partition coefficient (Wildman–Crippen LogP) is 5.56. The smallest absolute Gasteiger partial charge is 0.224 e. The summed E-state index contributed by atoms with van der Waals surface area (Å²) >= 11 is 1.83. The lowest BCUT2D eigenvalue weighted by Gasteiger charge is -2.36. The van der Waals surface area contributed by atoms with Crippen molar-refractivity contribution in [2.24, 2.45) is 0 Å². The van der Waals surface area contributed by atoms with Crippen LogP contribution in [0.15, 0.2) is 47.8 Å². The van der Waals surface area contributed by atoms with Gasteiger partial charge in [-0.25, -0.2) is 0 Å². The summed E-state index contributed by atoms with van der Waals surface area (Å²) < 4.78 is 13.1. The number of nitrogens with one attached hydrogen (secondary N) is 1. The van der Waals surface area contributed by atoms with Crippen LogP contribution in [0.4, 0.5) is 11.4 Å². The van der Waals surface area contributed by atoms with Crippen LogP contribution in [0, 0.1) is 0 Å². The number of unbranched alkanes of at least 4 members (excludes halogenated alkanes) is 2. The molecular weight excluding hydrogens is 470 g/mol. The average molecular weight is 508 g/mol. The summed E-state index contributed by atoms with van der Waals surface area (Å²) in [6.45, 7) is 7.94. The lowest BCUT2D eigenvalue weighted by atomic mass is 10.0. The van der Waals surface area contributed by atoms with E-state index in [4.69, 9.17) is 9.47 Å². The molecule has 0 spiro atoms. The van der Waals surface area contributed by atoms with Crippen molar-refractivity contribution in [3.05, 3.63) is 53.4 Å². The summed E-state index contributed by atoms with van der Waals surface area (Å²) in [5, 5.41) is 6.52. The van der Waals surface area contributed by atoms with Crippen molar-refractivity contribution in [3.8, 4) is 5.75 Å². The van der Waals surface area contributed by atoms with Crippen molar-refractivity contribution >= 4 is 38.7 Å². The van der Waals surface area contributed by atoms with Crippen molar-refractivity contribution in [1.29, 1.82) is 0 Å². The number of nitrogens with zero attached hydrogens (tertiary/aromatic N) is 2. The summed E-state index contributed by atoms with van der Waals surface area (Å²) in [6.07, 6.45) is 5.65. The lowest BCUT2D eigenvalue weighted by molar-refractivity contribution is -0.116. The molecule has 2 aromatic carbocycles. The molecule has 0 radical (unpaired) electrons. The molecule has 5 rings (SSSR count). The Morgan fingerprint density at radius 2 is 1.72 bits per heavy atom. The Kier molecular flexibility index (Phi) is 8.75. The van der Waals surface area contributed by atoms with Gasteiger partial charge in [-0.05, 0) is 73.9 Å². The standard InChI is InChI=1S/C29H37N3O3S/c33-29-11-9-23-8-10-24(22-26(23)30-29)35-20-4-3-19-34-18-2-1-13-31-14-16-32(17-15-31)27-6-5-7-28-25(27)12-21-36-28/h5-8,10,12,21-22H,1-4,9,11,13-20H2,(H,30,33). The molecule has 0 aliphatic carbocycles. The van der Waals surface area contributed by atoms with Crippen LogP contribution in [0.3, 0.4) is 0 Å². The average Bonchev–Trinajstić information content (AvgIpc) is 3.39. The van der Waals surface area contributed by atoms with Gasteiger partial charge in [0.15, 0.2) is 0 Å². The Morgan fingerprint density at radius 1 is 0.889 bits per heavy atom. The van der Waals surface area contributed by atoms with Crippen LogP contribution in [-0.2, 0) is 16.0 Å². The number of aryl methyl sites for hydroxylation is 1. The third-order valence-corrected chi connectivity index (χ3v) is 8.01. The number of carbonyl (C=O) groups is 1. The number of amides is 1. The Labute approximate surface area is 218 Å². The summed E-state index contributed by atoms with van der Waals surface area (Å²) in [5.74, 6) is 0.906. The largest absolute Gasteiger partial charge is 0.494 e. The van der Waals surface area contributed by atoms with E-state index in [1.165, 1.54) is 27.8 Å². The zero-order valence-electron chi connectivity index (χ0n) is 21.0. The minimum atomic E-state index is 0.0854. The molecule has 2 aliphatic rings. The van der Waals surface area contributed by atoms with Gasteiger partial charge in [0.25, 0.3) is 0 Å². The molecule has 1 aromatic heterocycles. The maximum absolute atomic E-state index is 11.6. The van der Waals surface area contributed by atoms with Crippen LogP contribution in [-0.4, -0.2) is 63.4 Å². The number of anilines is 2. The summed E-state index contributed by atoms with van der Waals surface area (Å²) in [5.41, 5.74) is 3.47. The molecule has 7 heteroatoms. The number of thiophene rings is 1. The summed E-state index contributed by atoms with van der Waals surface area (Å²) in [4.78, 5) is 16.7. The van der Waals surface area contributed by atoms with Crippen LogP contribution in [0.1, 0.15) is 37.7 Å². The lowest BCUT2D eigenvalue weighted by Crippen LogP contribution is -2.46. The predicted molar refractivity (Wildman–Crippen MR) is 149 cm³/mol. The van der Waals surface area contributed by atoms with Gasteiger partial charge >= 0.3 is 0 Å². The van der Waals surface area contributed by atoms with Gasteiger partial charge in [0.2, 0.25) is 5.91 Å². The van der Waals surface area contributed by atoms with Gasteiger partial charge in [-0.3, -0.25) is 9.69 Å². The van der Waals surface area contributed by atoms with E-state index in [1.54, 1.807) is 0 Å². The first-order valence-electron chi connectivity index (χ1n) is 13.3. The summed E-state index contributed by atoms with van der Waals surface area (Å²) in [7, 11) is 0. The number of fused-ring (bicyclic) bond motifs is 2. The first-order chi connectivity index (χ1) is 17.8. The summed E-state index contributed by atoms with van der Waals surface area (Å²) in [6, 6.07) is 14.9. The molecule has 3 heterocycles. The molecule has 6 nitrogen and oxygen atoms in total. The maximum atomic E-state index is 11.6. The van der Waals surface area contributed by atoms with Crippen molar-refractivity contribution in [2.75, 3.05) is 62.8 Å². The highest BCUT2D eigenvalue weighted by molar-refractivity contribution is 7.17. The molecular formula is C29H37N3O3S. The van der Waals surface area contributed by atoms with Crippen LogP contribution in [0.5, 0.6) is 5.75 Å². The van der Waals surface area contributed by atoms with Crippen molar-refractivity contribution in [3.63, 3.8) is 0 Å². The van der Waals surface area contributed by atoms with Crippen LogP contribution < -0.4 is 15.0 Å². The Bertz CT molecular complexity index is 1140. The second kappa shape index (κ2) is 12.6. The highest BCUT2D eigenvalue weighted by Crippen LogP contribution is 2.31. The van der Waals surface area contributed by atoms with E-state index < -0.39 is 0 Å². The molecule has 1 fully saturated rings. The zero-order chi connectivity index (χ0) is 24.6. The van der Waals surface area contributed by atoms with E-state index in [1.807, 2.05) is 23.5 Å². The Balaban J connectivity index is 0.884. The molecule has 3 aromatic rings. The first kappa shape index (κ1) is 25.1. The Hall–Kier alpha value is -2.61. The van der Waals surface area contributed by atoms with E-state index >= 15 is 0 Å². The van der Waals surface area contributed by atoms with Crippen molar-refractivity contribution in [2.45, 2.75) is 38.5 Å². The fourth-order valence-corrected chi connectivity index (χ4v) is 5.85. The number of piperazine rings is 1. The second-order valence-electron chi connectivity index (χ2n) is 9.68. The quantitative estimate of drug-likeness (QED) is 0.325. The molecule has 1 saturated heterocycles. The van der Waals surface area contributed by atoms with Gasteiger partial charge in [0.1, 0.15) is 5.75 Å². The van der Waals surface area contributed by atoms with Crippen molar-refractivity contribution < 1.29 is 14.3 Å². The molecule has 192 valence electrons. The molecule has 0 atom stereocenters. The van der Waals surface area contributed by atoms with Gasteiger partial charge in [-0.15, -0.1) is 11.3 Å². The number of hydrogen-bond acceptors (Lipinski definition) is 6. The van der Waals surface area contributed by atoms with Crippen LogP contribution in [0.25, 0.3) is 10.1 Å². The van der Waals surface area contributed by atoms with Gasteiger partial charge in [-0.1, -0.05) is 12.1 Å². The highest BCUT2D eigenvalue weighted by Gasteiger charge is 2.18. The van der Waals surface area contributed by atoms with E-state index in [0.717, 1.165) is 83.1 Å². The Morgan fingerprint density at radius 3 is 2.61 bits per heavy atom. The first-order valence-corrected chi connectivity index (χ1v) is 14.2. The second-order valence-corrected chi connectivity index (χ2v) is 10.6. The number of ether oxygens (including phenoxy) is 2. The van der Waals surface area contributed by atoms with E-state index in [2.05, 4.69) is 50.8 Å². The number of carbonyl (C=O) groups excluding carboxylic acids is 1. The third-order valence-electron chi connectivity index (χ3n) is 7.13. The minimum absolute atomic E-state index is 0.0854. The van der Waals surface area contributed by atoms with Crippen LogP contribution >= 0.6 is 11.3 Å². The number of rotatable bonds is 12. The molecule has 36 heavy (non-hydrogen) atoms. The molecule has 1 amide bonds. The van der Waals surface area contributed by atoms with Gasteiger partial charge in [0.05, 0.1) is 6.61 Å². The zero-order valence-corrected chi connectivity index (χ0v) is 21.9.